The van der Waals surface area contributed by atoms with Gasteiger partial charge in [0.25, 0.3) is 11.8 Å². The Kier molecular flexibility index (Phi) is 5.71. The molecule has 0 N–H and O–H groups in total. The van der Waals surface area contributed by atoms with Gasteiger partial charge in [0.15, 0.2) is 0 Å². The smallest absolute Gasteiger partial charge is 0.277 e. The van der Waals surface area contributed by atoms with Gasteiger partial charge in [0.2, 0.25) is 0 Å². The molecule has 0 aromatic heterocycles. The monoisotopic (exact) mass is 360 g/mol. The van der Waals surface area contributed by atoms with Crippen LogP contribution in [-0.4, -0.2) is 55.0 Å². The van der Waals surface area contributed by atoms with Gasteiger partial charge in [-0.25, -0.2) is 4.39 Å². The average Bonchev–Trinajstić information content (AvgIpc) is 2.87. The number of amides is 2. The van der Waals surface area contributed by atoms with Crippen molar-refractivity contribution in [3.63, 3.8) is 0 Å². The van der Waals surface area contributed by atoms with Gasteiger partial charge in [-0.2, -0.15) is 0 Å². The summed E-state index contributed by atoms with van der Waals surface area (Å²) in [6.45, 7) is 4.48. The number of hydrogen-bond acceptors (Lipinski definition) is 4. The second kappa shape index (κ2) is 7.99. The second-order valence-electron chi connectivity index (χ2n) is 7.03. The van der Waals surface area contributed by atoms with E-state index in [4.69, 9.17) is 4.74 Å². The third kappa shape index (κ3) is 3.65. The fourth-order valence-corrected chi connectivity index (χ4v) is 3.70. The molecule has 2 heterocycles. The molecule has 0 spiro atoms. The number of methoxy groups -OCH3 is 1. The van der Waals surface area contributed by atoms with Gasteiger partial charge in [0.1, 0.15) is 11.5 Å². The summed E-state index contributed by atoms with van der Waals surface area (Å²) in [7, 11) is 1.59. The van der Waals surface area contributed by atoms with Crippen molar-refractivity contribution in [2.75, 3.05) is 33.4 Å². The third-order valence-corrected chi connectivity index (χ3v) is 4.98. The van der Waals surface area contributed by atoms with Crippen molar-refractivity contribution >= 4 is 17.4 Å². The molecular formula is C20H25FN2O3. The maximum atomic E-state index is 13.3. The van der Waals surface area contributed by atoms with Crippen LogP contribution < -0.4 is 0 Å². The standard InChI is InChI=1S/C20H25FN2O3/c1-14-5-3-10-22(13-14)18-17(15-6-8-16(21)9-7-15)19(24)23(20(18)25)11-4-12-26-2/h6-9,14H,3-5,10-13H2,1-2H3. The number of ether oxygens (including phenoxy) is 1. The van der Waals surface area contributed by atoms with Gasteiger partial charge in [-0.05, 0) is 42.9 Å². The number of imide groups is 1. The molecule has 3 rings (SSSR count). The van der Waals surface area contributed by atoms with Crippen LogP contribution in [0.3, 0.4) is 0 Å². The number of likely N-dealkylation sites (tertiary alicyclic amines) is 1. The zero-order valence-corrected chi connectivity index (χ0v) is 15.3. The molecule has 1 aromatic rings. The zero-order chi connectivity index (χ0) is 18.7. The molecule has 0 saturated carbocycles. The molecule has 1 atom stereocenters. The topological polar surface area (TPSA) is 49.9 Å². The molecule has 1 aromatic carbocycles. The molecular weight excluding hydrogens is 335 g/mol. The predicted molar refractivity (Wildman–Crippen MR) is 96.5 cm³/mol. The number of benzene rings is 1. The van der Waals surface area contributed by atoms with Crippen LogP contribution in [0, 0.1) is 11.7 Å². The lowest BCUT2D eigenvalue weighted by atomic mass is 9.98. The third-order valence-electron chi connectivity index (χ3n) is 4.98. The Balaban J connectivity index is 1.97. The van der Waals surface area contributed by atoms with Crippen LogP contribution in [0.5, 0.6) is 0 Å². The van der Waals surface area contributed by atoms with Crippen molar-refractivity contribution in [1.82, 2.24) is 9.80 Å². The molecule has 1 unspecified atom stereocenters. The largest absolute Gasteiger partial charge is 0.385 e. The lowest BCUT2D eigenvalue weighted by Crippen LogP contribution is -2.39. The Hall–Kier alpha value is -2.21. The van der Waals surface area contributed by atoms with Gasteiger partial charge in [-0.15, -0.1) is 0 Å². The van der Waals surface area contributed by atoms with E-state index in [0.717, 1.165) is 25.9 Å². The molecule has 0 bridgehead atoms. The molecule has 6 heteroatoms. The molecule has 140 valence electrons. The minimum Gasteiger partial charge on any atom is -0.385 e. The van der Waals surface area contributed by atoms with Crippen molar-refractivity contribution in [3.8, 4) is 0 Å². The summed E-state index contributed by atoms with van der Waals surface area (Å²) in [5.74, 6) is -0.446. The van der Waals surface area contributed by atoms with Gasteiger partial charge in [-0.3, -0.25) is 14.5 Å². The molecule has 2 aliphatic rings. The number of piperidine rings is 1. The first-order chi connectivity index (χ1) is 12.5. The van der Waals surface area contributed by atoms with Crippen molar-refractivity contribution in [1.29, 1.82) is 0 Å². The minimum atomic E-state index is -0.365. The Bertz CT molecular complexity index is 714. The van der Waals surface area contributed by atoms with Crippen LogP contribution in [0.15, 0.2) is 30.0 Å². The van der Waals surface area contributed by atoms with Crippen LogP contribution in [0.4, 0.5) is 4.39 Å². The molecule has 26 heavy (non-hydrogen) atoms. The number of hydrogen-bond donors (Lipinski definition) is 0. The summed E-state index contributed by atoms with van der Waals surface area (Å²) in [5.41, 5.74) is 1.44. The number of nitrogens with zero attached hydrogens (tertiary/aromatic N) is 2. The highest BCUT2D eigenvalue weighted by Gasteiger charge is 2.41. The zero-order valence-electron chi connectivity index (χ0n) is 15.3. The van der Waals surface area contributed by atoms with Crippen LogP contribution in [-0.2, 0) is 14.3 Å². The molecule has 1 fully saturated rings. The summed E-state index contributed by atoms with van der Waals surface area (Å²) >= 11 is 0. The van der Waals surface area contributed by atoms with E-state index in [2.05, 4.69) is 6.92 Å². The van der Waals surface area contributed by atoms with Crippen molar-refractivity contribution < 1.29 is 18.7 Å². The molecule has 5 nitrogen and oxygen atoms in total. The van der Waals surface area contributed by atoms with Crippen LogP contribution in [0.2, 0.25) is 0 Å². The summed E-state index contributed by atoms with van der Waals surface area (Å²) < 4.78 is 18.4. The number of carbonyl (C=O) groups is 2. The van der Waals surface area contributed by atoms with Gasteiger partial charge < -0.3 is 9.64 Å². The molecule has 0 radical (unpaired) electrons. The molecule has 2 aliphatic heterocycles. The Morgan fingerprint density at radius 3 is 2.58 bits per heavy atom. The van der Waals surface area contributed by atoms with Gasteiger partial charge in [-0.1, -0.05) is 19.1 Å². The highest BCUT2D eigenvalue weighted by molar-refractivity contribution is 6.35. The van der Waals surface area contributed by atoms with E-state index in [1.807, 2.05) is 4.90 Å². The van der Waals surface area contributed by atoms with Crippen LogP contribution >= 0.6 is 0 Å². The van der Waals surface area contributed by atoms with Gasteiger partial charge in [0, 0.05) is 33.4 Å². The van der Waals surface area contributed by atoms with Crippen LogP contribution in [0.1, 0.15) is 31.7 Å². The number of rotatable bonds is 6. The quantitative estimate of drug-likeness (QED) is 0.578. The fraction of sp³-hybridized carbons (Fsp3) is 0.500. The number of carbonyl (C=O) groups excluding carboxylic acids is 2. The van der Waals surface area contributed by atoms with Gasteiger partial charge >= 0.3 is 0 Å². The number of halogens is 1. The van der Waals surface area contributed by atoms with Gasteiger partial charge in [0.05, 0.1) is 5.57 Å². The maximum Gasteiger partial charge on any atom is 0.277 e. The van der Waals surface area contributed by atoms with Crippen molar-refractivity contribution in [2.24, 2.45) is 5.92 Å². The first-order valence-corrected chi connectivity index (χ1v) is 9.13. The lowest BCUT2D eigenvalue weighted by molar-refractivity contribution is -0.137. The Labute approximate surface area is 153 Å². The lowest BCUT2D eigenvalue weighted by Gasteiger charge is -2.33. The first kappa shape index (κ1) is 18.6. The summed E-state index contributed by atoms with van der Waals surface area (Å²) in [4.78, 5) is 29.4. The van der Waals surface area contributed by atoms with E-state index in [1.165, 1.54) is 17.0 Å². The maximum absolute atomic E-state index is 13.3. The molecule has 2 amide bonds. The first-order valence-electron chi connectivity index (χ1n) is 9.13. The van der Waals surface area contributed by atoms with Crippen LogP contribution in [0.25, 0.3) is 5.57 Å². The van der Waals surface area contributed by atoms with E-state index in [-0.39, 0.29) is 17.6 Å². The Morgan fingerprint density at radius 1 is 1.19 bits per heavy atom. The molecule has 0 aliphatic carbocycles. The highest BCUT2D eigenvalue weighted by atomic mass is 19.1. The van der Waals surface area contributed by atoms with E-state index >= 15 is 0 Å². The normalized spacial score (nSPS) is 21.1. The highest BCUT2D eigenvalue weighted by Crippen LogP contribution is 2.34. The Morgan fingerprint density at radius 2 is 1.92 bits per heavy atom. The summed E-state index contributed by atoms with van der Waals surface area (Å²) in [5, 5.41) is 0. The second-order valence-corrected chi connectivity index (χ2v) is 7.03. The summed E-state index contributed by atoms with van der Waals surface area (Å²) in [6, 6.07) is 5.79. The predicted octanol–water partition coefficient (Wildman–Crippen LogP) is 2.67. The van der Waals surface area contributed by atoms with E-state index < -0.39 is 0 Å². The van der Waals surface area contributed by atoms with Crippen molar-refractivity contribution in [3.05, 3.63) is 41.3 Å². The SMILES string of the molecule is COCCCN1C(=O)C(c2ccc(F)cc2)=C(N2CCCC(C)C2)C1=O. The van der Waals surface area contributed by atoms with Crippen molar-refractivity contribution in [2.45, 2.75) is 26.2 Å². The van der Waals surface area contributed by atoms with E-state index in [1.54, 1.807) is 19.2 Å². The fourth-order valence-electron chi connectivity index (χ4n) is 3.70. The molecule has 1 saturated heterocycles. The van der Waals surface area contributed by atoms with E-state index in [0.29, 0.717) is 42.3 Å². The van der Waals surface area contributed by atoms with E-state index in [9.17, 15) is 14.0 Å². The summed E-state index contributed by atoms with van der Waals surface area (Å²) in [6.07, 6.45) is 2.70. The minimum absolute atomic E-state index is 0.250. The average molecular weight is 360 g/mol.